The normalized spacial score (nSPS) is 17.4. The molecule has 1 atom stereocenters. The highest BCUT2D eigenvalue weighted by Crippen LogP contribution is 2.25. The van der Waals surface area contributed by atoms with Crippen LogP contribution in [0.3, 0.4) is 0 Å². The van der Waals surface area contributed by atoms with E-state index in [9.17, 15) is 4.79 Å². The first kappa shape index (κ1) is 18.1. The van der Waals surface area contributed by atoms with Crippen LogP contribution < -0.4 is 4.74 Å². The quantitative estimate of drug-likeness (QED) is 0.824. The van der Waals surface area contributed by atoms with Gasteiger partial charge in [-0.1, -0.05) is 18.5 Å². The van der Waals surface area contributed by atoms with Gasteiger partial charge in [0.2, 0.25) is 5.91 Å². The second kappa shape index (κ2) is 8.02. The van der Waals surface area contributed by atoms with Crippen molar-refractivity contribution in [1.82, 2.24) is 9.80 Å². The number of halogens is 1. The molecule has 0 bridgehead atoms. The van der Waals surface area contributed by atoms with Crippen LogP contribution >= 0.6 is 11.6 Å². The van der Waals surface area contributed by atoms with Gasteiger partial charge in [0, 0.05) is 30.2 Å². The van der Waals surface area contributed by atoms with Crippen molar-refractivity contribution in [1.29, 1.82) is 0 Å². The molecule has 1 fully saturated rings. The Morgan fingerprint density at radius 3 is 2.70 bits per heavy atom. The molecule has 0 N–H and O–H groups in total. The van der Waals surface area contributed by atoms with E-state index in [0.717, 1.165) is 43.2 Å². The molecule has 4 nitrogen and oxygen atoms in total. The minimum absolute atomic E-state index is 0.160. The largest absolute Gasteiger partial charge is 0.496 e. The van der Waals surface area contributed by atoms with Gasteiger partial charge in [0.1, 0.15) is 5.75 Å². The summed E-state index contributed by atoms with van der Waals surface area (Å²) in [6.45, 7) is 6.60. The molecule has 0 saturated carbocycles. The van der Waals surface area contributed by atoms with E-state index in [2.05, 4.69) is 11.8 Å². The Hall–Kier alpha value is -1.26. The molecule has 0 aromatic heterocycles. The number of carbonyl (C=O) groups is 1. The van der Waals surface area contributed by atoms with Crippen LogP contribution in [0.4, 0.5) is 0 Å². The highest BCUT2D eigenvalue weighted by atomic mass is 35.5. The van der Waals surface area contributed by atoms with Crippen LogP contribution in [0.5, 0.6) is 5.75 Å². The summed E-state index contributed by atoms with van der Waals surface area (Å²) in [6, 6.07) is 5.42. The van der Waals surface area contributed by atoms with Crippen molar-refractivity contribution in [2.45, 2.75) is 39.3 Å². The minimum Gasteiger partial charge on any atom is -0.496 e. The third kappa shape index (κ3) is 4.61. The second-order valence-corrected chi connectivity index (χ2v) is 6.99. The van der Waals surface area contributed by atoms with Gasteiger partial charge in [0.25, 0.3) is 0 Å². The molecule has 1 saturated heterocycles. The van der Waals surface area contributed by atoms with Gasteiger partial charge in [-0.2, -0.15) is 0 Å². The summed E-state index contributed by atoms with van der Waals surface area (Å²) in [5.74, 6) is 1.73. The van der Waals surface area contributed by atoms with E-state index < -0.39 is 0 Å². The van der Waals surface area contributed by atoms with Gasteiger partial charge in [0.05, 0.1) is 13.2 Å². The molecule has 1 aromatic carbocycles. The molecule has 1 aliphatic heterocycles. The maximum atomic E-state index is 12.7. The topological polar surface area (TPSA) is 32.8 Å². The van der Waals surface area contributed by atoms with E-state index in [-0.39, 0.29) is 11.9 Å². The van der Waals surface area contributed by atoms with Gasteiger partial charge < -0.3 is 9.64 Å². The number of hydrogen-bond donors (Lipinski definition) is 0. The highest BCUT2D eigenvalue weighted by molar-refractivity contribution is 6.30. The number of benzene rings is 1. The summed E-state index contributed by atoms with van der Waals surface area (Å²) in [6.07, 6.45) is 2.20. The lowest BCUT2D eigenvalue weighted by Crippen LogP contribution is -2.48. The number of rotatable bonds is 5. The van der Waals surface area contributed by atoms with Crippen molar-refractivity contribution in [3.63, 3.8) is 0 Å². The maximum absolute atomic E-state index is 12.7. The first-order chi connectivity index (χ1) is 10.9. The van der Waals surface area contributed by atoms with Crippen molar-refractivity contribution in [2.24, 2.45) is 5.92 Å². The molecule has 5 heteroatoms. The molecule has 0 spiro atoms. The number of piperidine rings is 1. The molecule has 1 aliphatic rings. The Bertz CT molecular complexity index is 542. The van der Waals surface area contributed by atoms with Gasteiger partial charge in [-0.05, 0) is 50.9 Å². The zero-order chi connectivity index (χ0) is 17.0. The molecular weight excluding hydrogens is 312 g/mol. The number of likely N-dealkylation sites (N-methyl/N-ethyl adjacent to an activating group) is 1. The zero-order valence-corrected chi connectivity index (χ0v) is 15.3. The van der Waals surface area contributed by atoms with Crippen LogP contribution in [0, 0.1) is 5.92 Å². The van der Waals surface area contributed by atoms with Crippen LogP contribution in [-0.2, 0) is 11.3 Å². The second-order valence-electron chi connectivity index (χ2n) is 6.56. The third-order valence-corrected chi connectivity index (χ3v) is 5.01. The number of likely N-dealkylation sites (tertiary alicyclic amines) is 1. The smallest absolute Gasteiger partial charge is 0.239 e. The van der Waals surface area contributed by atoms with E-state index >= 15 is 0 Å². The van der Waals surface area contributed by atoms with Gasteiger partial charge in [-0.25, -0.2) is 0 Å². The lowest BCUT2D eigenvalue weighted by atomic mass is 9.98. The van der Waals surface area contributed by atoms with Gasteiger partial charge in [-0.15, -0.1) is 0 Å². The molecule has 1 amide bonds. The van der Waals surface area contributed by atoms with E-state index in [4.69, 9.17) is 16.3 Å². The third-order valence-electron chi connectivity index (χ3n) is 4.78. The summed E-state index contributed by atoms with van der Waals surface area (Å²) < 4.78 is 5.39. The van der Waals surface area contributed by atoms with Crippen molar-refractivity contribution >= 4 is 17.5 Å². The molecule has 0 radical (unpaired) electrons. The summed E-state index contributed by atoms with van der Waals surface area (Å²) >= 11 is 6.09. The number of hydrogen-bond acceptors (Lipinski definition) is 3. The predicted molar refractivity (Wildman–Crippen MR) is 93.9 cm³/mol. The molecule has 128 valence electrons. The lowest BCUT2D eigenvalue weighted by molar-refractivity contribution is -0.137. The predicted octanol–water partition coefficient (Wildman–Crippen LogP) is 3.43. The Balaban J connectivity index is 2.01. The molecule has 23 heavy (non-hydrogen) atoms. The number of carbonyl (C=O) groups excluding carboxylic acids is 1. The van der Waals surface area contributed by atoms with Gasteiger partial charge >= 0.3 is 0 Å². The molecule has 1 aromatic rings. The Morgan fingerprint density at radius 2 is 2.09 bits per heavy atom. The van der Waals surface area contributed by atoms with Crippen LogP contribution in [0.1, 0.15) is 32.3 Å². The zero-order valence-electron chi connectivity index (χ0n) is 14.5. The van der Waals surface area contributed by atoms with Crippen molar-refractivity contribution in [3.05, 3.63) is 28.8 Å². The molecule has 2 rings (SSSR count). The summed E-state index contributed by atoms with van der Waals surface area (Å²) in [5, 5.41) is 0.679. The Kier molecular flexibility index (Phi) is 6.31. The molecule has 1 heterocycles. The SMILES string of the molecule is COc1ccc(Cl)cc1CN(C)C(C)C(=O)N1CCC(C)CC1. The number of amides is 1. The average molecular weight is 339 g/mol. The number of nitrogens with zero attached hydrogens (tertiary/aromatic N) is 2. The first-order valence-electron chi connectivity index (χ1n) is 8.23. The monoisotopic (exact) mass is 338 g/mol. The number of methoxy groups -OCH3 is 1. The van der Waals surface area contributed by atoms with Gasteiger partial charge in [-0.3, -0.25) is 9.69 Å². The van der Waals surface area contributed by atoms with Gasteiger partial charge in [0.15, 0.2) is 0 Å². The molecule has 1 unspecified atom stereocenters. The summed E-state index contributed by atoms with van der Waals surface area (Å²) in [5.41, 5.74) is 0.995. The average Bonchev–Trinajstić information content (AvgIpc) is 2.54. The van der Waals surface area contributed by atoms with Crippen LogP contribution in [-0.4, -0.2) is 49.0 Å². The maximum Gasteiger partial charge on any atom is 0.239 e. The van der Waals surface area contributed by atoms with E-state index in [1.807, 2.05) is 37.1 Å². The van der Waals surface area contributed by atoms with E-state index in [1.54, 1.807) is 7.11 Å². The van der Waals surface area contributed by atoms with Crippen molar-refractivity contribution < 1.29 is 9.53 Å². The Morgan fingerprint density at radius 1 is 1.43 bits per heavy atom. The summed E-state index contributed by atoms with van der Waals surface area (Å²) in [7, 11) is 3.62. The lowest BCUT2D eigenvalue weighted by Gasteiger charge is -2.34. The molecular formula is C18H27ClN2O2. The fourth-order valence-electron chi connectivity index (χ4n) is 2.96. The fraction of sp³-hybridized carbons (Fsp3) is 0.611. The standard InChI is InChI=1S/C18H27ClN2O2/c1-13-7-9-21(10-8-13)18(22)14(2)20(3)12-15-11-16(19)5-6-17(15)23-4/h5-6,11,13-14H,7-10,12H2,1-4H3. The number of ether oxygens (including phenoxy) is 1. The van der Waals surface area contributed by atoms with Crippen molar-refractivity contribution in [3.8, 4) is 5.75 Å². The van der Waals surface area contributed by atoms with E-state index in [0.29, 0.717) is 11.6 Å². The molecule has 0 aliphatic carbocycles. The van der Waals surface area contributed by atoms with Crippen molar-refractivity contribution in [2.75, 3.05) is 27.2 Å². The van der Waals surface area contributed by atoms with E-state index in [1.165, 1.54) is 0 Å². The fourth-order valence-corrected chi connectivity index (χ4v) is 3.15. The Labute approximate surface area is 144 Å². The van der Waals surface area contributed by atoms with Crippen LogP contribution in [0.15, 0.2) is 18.2 Å². The minimum atomic E-state index is -0.160. The van der Waals surface area contributed by atoms with Crippen LogP contribution in [0.2, 0.25) is 5.02 Å². The highest BCUT2D eigenvalue weighted by Gasteiger charge is 2.27. The van der Waals surface area contributed by atoms with Crippen LogP contribution in [0.25, 0.3) is 0 Å². The summed E-state index contributed by atoms with van der Waals surface area (Å²) in [4.78, 5) is 16.7. The first-order valence-corrected chi connectivity index (χ1v) is 8.61.